The van der Waals surface area contributed by atoms with Crippen molar-refractivity contribution >= 4 is 5.96 Å². The largest absolute Gasteiger partial charge is 0.469 e. The first-order valence-electron chi connectivity index (χ1n) is 9.45. The third-order valence-corrected chi connectivity index (χ3v) is 4.75. The Morgan fingerprint density at radius 3 is 2.58 bits per heavy atom. The van der Waals surface area contributed by atoms with E-state index < -0.39 is 0 Å². The molecule has 1 fully saturated rings. The second kappa shape index (κ2) is 11.2. The van der Waals surface area contributed by atoms with Crippen LogP contribution in [0.3, 0.4) is 0 Å². The maximum atomic E-state index is 5.41. The van der Waals surface area contributed by atoms with E-state index in [0.717, 1.165) is 50.9 Å². The highest BCUT2D eigenvalue weighted by Gasteiger charge is 2.30. The van der Waals surface area contributed by atoms with Crippen LogP contribution in [0, 0.1) is 0 Å². The topological polar surface area (TPSA) is 62.5 Å². The van der Waals surface area contributed by atoms with Crippen molar-refractivity contribution in [3.63, 3.8) is 0 Å². The van der Waals surface area contributed by atoms with Crippen LogP contribution >= 0.6 is 0 Å². The van der Waals surface area contributed by atoms with E-state index in [2.05, 4.69) is 29.0 Å². The van der Waals surface area contributed by atoms with Crippen molar-refractivity contribution < 1.29 is 13.9 Å². The molecular formula is C19H34N4O3. The molecule has 1 N–H and O–H groups in total. The molecule has 0 spiro atoms. The average Bonchev–Trinajstić information content (AvgIpc) is 3.13. The molecule has 0 aliphatic carbocycles. The van der Waals surface area contributed by atoms with Crippen molar-refractivity contribution in [2.24, 2.45) is 4.99 Å². The van der Waals surface area contributed by atoms with Crippen LogP contribution in [0.15, 0.2) is 27.8 Å². The maximum absolute atomic E-state index is 5.41. The Morgan fingerprint density at radius 2 is 1.96 bits per heavy atom. The molecule has 1 aromatic rings. The summed E-state index contributed by atoms with van der Waals surface area (Å²) in [5.74, 6) is 1.94. The quantitative estimate of drug-likeness (QED) is 0.406. The van der Waals surface area contributed by atoms with Gasteiger partial charge >= 0.3 is 0 Å². The van der Waals surface area contributed by atoms with Gasteiger partial charge in [0.1, 0.15) is 5.76 Å². The Kier molecular flexibility index (Phi) is 8.94. The molecule has 1 aliphatic rings. The first-order valence-corrected chi connectivity index (χ1v) is 9.45. The number of methoxy groups -OCH3 is 2. The molecule has 1 aromatic heterocycles. The molecule has 7 heteroatoms. The van der Waals surface area contributed by atoms with Gasteiger partial charge in [-0.2, -0.15) is 0 Å². The molecule has 2 rings (SSSR count). The fraction of sp³-hybridized carbons (Fsp3) is 0.737. The maximum Gasteiger partial charge on any atom is 0.194 e. The van der Waals surface area contributed by atoms with Gasteiger partial charge in [-0.1, -0.05) is 0 Å². The molecule has 0 aromatic carbocycles. The SMILES string of the molecule is COCCN=C(NCCc1ccco1)N1CC(C)N(CCOC)C(C)C1. The third-order valence-electron chi connectivity index (χ3n) is 4.75. The normalized spacial score (nSPS) is 22.0. The minimum Gasteiger partial charge on any atom is -0.469 e. The molecule has 26 heavy (non-hydrogen) atoms. The van der Waals surface area contributed by atoms with E-state index in [9.17, 15) is 0 Å². The highest BCUT2D eigenvalue weighted by Crippen LogP contribution is 2.15. The minimum atomic E-state index is 0.452. The number of furan rings is 1. The Bertz CT molecular complexity index is 509. The van der Waals surface area contributed by atoms with Crippen molar-refractivity contribution in [1.29, 1.82) is 0 Å². The molecule has 0 amide bonds. The number of hydrogen-bond acceptors (Lipinski definition) is 5. The number of nitrogens with one attached hydrogen (secondary N) is 1. The van der Waals surface area contributed by atoms with E-state index in [4.69, 9.17) is 18.9 Å². The molecule has 1 aliphatic heterocycles. The van der Waals surface area contributed by atoms with Crippen molar-refractivity contribution in [3.05, 3.63) is 24.2 Å². The number of piperazine rings is 1. The van der Waals surface area contributed by atoms with Crippen molar-refractivity contribution in [1.82, 2.24) is 15.1 Å². The van der Waals surface area contributed by atoms with Crippen LogP contribution in [-0.2, 0) is 15.9 Å². The van der Waals surface area contributed by atoms with Gasteiger partial charge in [-0.05, 0) is 26.0 Å². The smallest absolute Gasteiger partial charge is 0.194 e. The molecule has 2 unspecified atom stereocenters. The summed E-state index contributed by atoms with van der Waals surface area (Å²) in [6.07, 6.45) is 2.56. The molecule has 148 valence electrons. The second-order valence-electron chi connectivity index (χ2n) is 6.79. The first kappa shape index (κ1) is 20.7. The van der Waals surface area contributed by atoms with E-state index in [1.807, 2.05) is 12.1 Å². The number of aliphatic imine (C=N–C) groups is 1. The predicted octanol–water partition coefficient (Wildman–Crippen LogP) is 1.46. The first-order chi connectivity index (χ1) is 12.7. The summed E-state index contributed by atoms with van der Waals surface area (Å²) < 4.78 is 15.8. The second-order valence-corrected chi connectivity index (χ2v) is 6.79. The molecule has 0 bridgehead atoms. The number of nitrogens with zero attached hydrogens (tertiary/aromatic N) is 3. The molecule has 0 radical (unpaired) electrons. The summed E-state index contributed by atoms with van der Waals surface area (Å²) in [5, 5.41) is 3.50. The highest BCUT2D eigenvalue weighted by atomic mass is 16.5. The van der Waals surface area contributed by atoms with Crippen molar-refractivity contribution in [2.75, 3.05) is 60.2 Å². The average molecular weight is 367 g/mol. The summed E-state index contributed by atoms with van der Waals surface area (Å²) >= 11 is 0. The van der Waals surface area contributed by atoms with Crippen molar-refractivity contribution in [2.45, 2.75) is 32.4 Å². The summed E-state index contributed by atoms with van der Waals surface area (Å²) in [6.45, 7) is 10.3. The Morgan fingerprint density at radius 1 is 1.23 bits per heavy atom. The van der Waals surface area contributed by atoms with Gasteiger partial charge in [-0.25, -0.2) is 0 Å². The predicted molar refractivity (Wildman–Crippen MR) is 104 cm³/mol. The molecule has 0 saturated carbocycles. The van der Waals surface area contributed by atoms with Gasteiger partial charge in [0.15, 0.2) is 5.96 Å². The van der Waals surface area contributed by atoms with E-state index in [-0.39, 0.29) is 0 Å². The van der Waals surface area contributed by atoms with Gasteiger partial charge in [0, 0.05) is 58.9 Å². The van der Waals surface area contributed by atoms with Crippen LogP contribution in [0.5, 0.6) is 0 Å². The lowest BCUT2D eigenvalue weighted by molar-refractivity contribution is 0.0443. The van der Waals surface area contributed by atoms with Crippen LogP contribution < -0.4 is 5.32 Å². The van der Waals surface area contributed by atoms with Gasteiger partial charge in [0.2, 0.25) is 0 Å². The lowest BCUT2D eigenvalue weighted by Gasteiger charge is -2.45. The van der Waals surface area contributed by atoms with Gasteiger partial charge < -0.3 is 24.1 Å². The van der Waals surface area contributed by atoms with Gasteiger partial charge in [0.05, 0.1) is 26.0 Å². The molecule has 1 saturated heterocycles. The summed E-state index contributed by atoms with van der Waals surface area (Å²) in [5.41, 5.74) is 0. The van der Waals surface area contributed by atoms with E-state index in [1.165, 1.54) is 0 Å². The lowest BCUT2D eigenvalue weighted by atomic mass is 10.1. The number of ether oxygens (including phenoxy) is 2. The van der Waals surface area contributed by atoms with E-state index in [0.29, 0.717) is 25.2 Å². The van der Waals surface area contributed by atoms with E-state index >= 15 is 0 Å². The number of guanidine groups is 1. The van der Waals surface area contributed by atoms with Gasteiger partial charge in [0.25, 0.3) is 0 Å². The molecule has 2 heterocycles. The lowest BCUT2D eigenvalue weighted by Crippen LogP contribution is -2.60. The molecular weight excluding hydrogens is 332 g/mol. The fourth-order valence-electron chi connectivity index (χ4n) is 3.43. The summed E-state index contributed by atoms with van der Waals surface area (Å²) in [7, 11) is 3.47. The van der Waals surface area contributed by atoms with Gasteiger partial charge in [-0.15, -0.1) is 0 Å². The zero-order valence-corrected chi connectivity index (χ0v) is 16.6. The zero-order valence-electron chi connectivity index (χ0n) is 16.6. The highest BCUT2D eigenvalue weighted by molar-refractivity contribution is 5.80. The number of rotatable bonds is 9. The van der Waals surface area contributed by atoms with E-state index in [1.54, 1.807) is 20.5 Å². The molecule has 2 atom stereocenters. The Hall–Kier alpha value is -1.57. The molecule has 7 nitrogen and oxygen atoms in total. The standard InChI is InChI=1S/C19H34N4O3/c1-16-14-22(15-17(2)23(16)10-13-25-4)19(21-9-12-24-3)20-8-7-18-6-5-11-26-18/h5-6,11,16-17H,7-10,12-15H2,1-4H3,(H,20,21). The van der Waals surface area contributed by atoms with Crippen LogP contribution in [0.25, 0.3) is 0 Å². The van der Waals surface area contributed by atoms with Crippen LogP contribution in [0.1, 0.15) is 19.6 Å². The Balaban J connectivity index is 1.94. The summed E-state index contributed by atoms with van der Waals surface area (Å²) in [6, 6.07) is 4.83. The third kappa shape index (κ3) is 6.30. The summed E-state index contributed by atoms with van der Waals surface area (Å²) in [4.78, 5) is 9.61. The van der Waals surface area contributed by atoms with Crippen LogP contribution in [0.2, 0.25) is 0 Å². The van der Waals surface area contributed by atoms with Crippen LogP contribution in [-0.4, -0.2) is 88.0 Å². The fourth-order valence-corrected chi connectivity index (χ4v) is 3.43. The number of hydrogen-bond donors (Lipinski definition) is 1. The Labute approximate surface area is 157 Å². The van der Waals surface area contributed by atoms with Gasteiger partial charge in [-0.3, -0.25) is 9.89 Å². The minimum absolute atomic E-state index is 0.452. The zero-order chi connectivity index (χ0) is 18.8. The van der Waals surface area contributed by atoms with Crippen LogP contribution in [0.4, 0.5) is 0 Å². The monoisotopic (exact) mass is 366 g/mol. The van der Waals surface area contributed by atoms with Crippen molar-refractivity contribution in [3.8, 4) is 0 Å².